The van der Waals surface area contributed by atoms with E-state index in [1.165, 1.54) is 0 Å². The molecule has 0 radical (unpaired) electrons. The summed E-state index contributed by atoms with van der Waals surface area (Å²) in [7, 11) is 3.65. The van der Waals surface area contributed by atoms with Crippen LogP contribution in [-0.2, 0) is 7.05 Å². The van der Waals surface area contributed by atoms with Gasteiger partial charge in [0.05, 0.1) is 36.7 Å². The molecule has 4 rings (SSSR count). The Balaban J connectivity index is 2.16. The summed E-state index contributed by atoms with van der Waals surface area (Å²) in [5.74, 6) is 0.714. The number of aromatic nitrogens is 2. The summed E-state index contributed by atoms with van der Waals surface area (Å²) in [6.07, 6.45) is 4.04. The quantitative estimate of drug-likeness (QED) is 0.480. The molecule has 2 aromatic heterocycles. The molecule has 0 spiro atoms. The summed E-state index contributed by atoms with van der Waals surface area (Å²) in [4.78, 5) is 16.5. The molecule has 0 aliphatic rings. The van der Waals surface area contributed by atoms with Gasteiger partial charge in [0.1, 0.15) is 12.8 Å². The number of hydrogen-bond acceptors (Lipinski definition) is 2. The zero-order chi connectivity index (χ0) is 19.1. The Hall–Kier alpha value is -3.12. The highest BCUT2D eigenvalue weighted by atomic mass is 16.5. The van der Waals surface area contributed by atoms with Gasteiger partial charge in [-0.2, -0.15) is 0 Å². The second-order valence-corrected chi connectivity index (χ2v) is 6.83. The van der Waals surface area contributed by atoms with Gasteiger partial charge in [-0.3, -0.25) is 4.79 Å². The third-order valence-corrected chi connectivity index (χ3v) is 5.09. The lowest BCUT2D eigenvalue weighted by atomic mass is 9.95. The number of pyridine rings is 1. The fourth-order valence-corrected chi connectivity index (χ4v) is 3.79. The molecule has 5 N–H and O–H groups in total. The van der Waals surface area contributed by atoms with Gasteiger partial charge in [0.2, 0.25) is 0 Å². The number of quaternary nitrogens is 1. The third kappa shape index (κ3) is 2.69. The summed E-state index contributed by atoms with van der Waals surface area (Å²) in [6.45, 7) is 3.30. The predicted molar refractivity (Wildman–Crippen MR) is 106 cm³/mol. The average molecular weight is 364 g/mol. The summed E-state index contributed by atoms with van der Waals surface area (Å²) in [6, 6.07) is 7.95. The number of methoxy groups -OCH3 is 1. The summed E-state index contributed by atoms with van der Waals surface area (Å²) in [5, 5.41) is 7.10. The highest BCUT2D eigenvalue weighted by Crippen LogP contribution is 2.37. The number of benzene rings is 2. The van der Waals surface area contributed by atoms with Crippen molar-refractivity contribution in [2.24, 2.45) is 7.05 Å². The number of carbonyl (C=O) groups is 1. The van der Waals surface area contributed by atoms with Crippen LogP contribution in [0.15, 0.2) is 36.7 Å². The van der Waals surface area contributed by atoms with Crippen molar-refractivity contribution in [1.29, 1.82) is 0 Å². The molecule has 0 fully saturated rings. The Kier molecular flexibility index (Phi) is 4.20. The first kappa shape index (κ1) is 17.3. The van der Waals surface area contributed by atoms with Crippen LogP contribution in [0, 0.1) is 6.92 Å². The number of H-pyrrole nitrogens is 1. The minimum atomic E-state index is -0.0824. The Morgan fingerprint density at radius 3 is 2.81 bits per heavy atom. The van der Waals surface area contributed by atoms with Crippen molar-refractivity contribution in [3.05, 3.63) is 47.8 Å². The van der Waals surface area contributed by atoms with Crippen LogP contribution in [-0.4, -0.2) is 31.1 Å². The maximum atomic E-state index is 13.0. The Labute approximate surface area is 156 Å². The number of aromatic amines is 1. The maximum absolute atomic E-state index is 13.0. The SMILES string of the molecule is COc1ccc2[nH]c3c(C(=O)NCC[NH3+])c4cc[n+](C)cc4c(C)c3c2c1. The molecule has 138 valence electrons. The van der Waals surface area contributed by atoms with E-state index < -0.39 is 0 Å². The van der Waals surface area contributed by atoms with Gasteiger partial charge in [-0.1, -0.05) is 0 Å². The van der Waals surface area contributed by atoms with Gasteiger partial charge in [-0.05, 0) is 30.7 Å². The molecule has 1 amide bonds. The number of nitrogens with one attached hydrogen (secondary N) is 2. The van der Waals surface area contributed by atoms with Crippen molar-refractivity contribution in [2.75, 3.05) is 20.2 Å². The van der Waals surface area contributed by atoms with Crippen LogP contribution in [0.1, 0.15) is 15.9 Å². The Morgan fingerprint density at radius 1 is 1.26 bits per heavy atom. The molecule has 0 unspecified atom stereocenters. The van der Waals surface area contributed by atoms with Crippen molar-refractivity contribution in [3.8, 4) is 5.75 Å². The van der Waals surface area contributed by atoms with E-state index in [2.05, 4.69) is 29.2 Å². The molecule has 4 aromatic rings. The standard InChI is InChI=1S/C21H22N4O2/c1-12-16-11-25(2)9-6-14(16)19(21(26)23-8-7-22)20-18(12)15-10-13(27-3)4-5-17(15)24-20/h4-6,9-11H,7-8,22H2,1-3H3,(H,23,26)/p+2. The van der Waals surface area contributed by atoms with E-state index in [-0.39, 0.29) is 5.91 Å². The molecule has 0 aliphatic heterocycles. The summed E-state index contributed by atoms with van der Waals surface area (Å²) in [5.41, 5.74) is 7.48. The molecule has 2 aromatic carbocycles. The second kappa shape index (κ2) is 6.55. The molecular weight excluding hydrogens is 340 g/mol. The highest BCUT2D eigenvalue weighted by Gasteiger charge is 2.22. The Bertz CT molecular complexity index is 1190. The topological polar surface area (TPSA) is 85.6 Å². The summed E-state index contributed by atoms with van der Waals surface area (Å²) >= 11 is 0. The van der Waals surface area contributed by atoms with Crippen LogP contribution >= 0.6 is 0 Å². The van der Waals surface area contributed by atoms with E-state index in [9.17, 15) is 4.79 Å². The Morgan fingerprint density at radius 2 is 2.07 bits per heavy atom. The largest absolute Gasteiger partial charge is 0.497 e. The van der Waals surface area contributed by atoms with E-state index in [4.69, 9.17) is 4.74 Å². The normalized spacial score (nSPS) is 11.4. The first-order valence-electron chi connectivity index (χ1n) is 9.03. The lowest BCUT2D eigenvalue weighted by molar-refractivity contribution is -0.670. The monoisotopic (exact) mass is 364 g/mol. The minimum absolute atomic E-state index is 0.0824. The first-order valence-corrected chi connectivity index (χ1v) is 9.03. The fourth-order valence-electron chi connectivity index (χ4n) is 3.79. The lowest BCUT2D eigenvalue weighted by Crippen LogP contribution is -2.54. The van der Waals surface area contributed by atoms with E-state index in [0.717, 1.165) is 43.9 Å². The van der Waals surface area contributed by atoms with Gasteiger partial charge >= 0.3 is 0 Å². The number of amides is 1. The van der Waals surface area contributed by atoms with Crippen molar-refractivity contribution in [2.45, 2.75) is 6.92 Å². The van der Waals surface area contributed by atoms with Crippen LogP contribution in [0.2, 0.25) is 0 Å². The van der Waals surface area contributed by atoms with E-state index in [0.29, 0.717) is 18.7 Å². The number of rotatable bonds is 4. The van der Waals surface area contributed by atoms with Crippen LogP contribution in [0.5, 0.6) is 5.75 Å². The molecular formula is C21H24N4O2+2. The lowest BCUT2D eigenvalue weighted by Gasteiger charge is -2.11. The van der Waals surface area contributed by atoms with Crippen LogP contribution < -0.4 is 20.4 Å². The number of hydrogen-bond donors (Lipinski definition) is 3. The van der Waals surface area contributed by atoms with Gasteiger partial charge in [0.15, 0.2) is 12.4 Å². The van der Waals surface area contributed by atoms with E-state index in [1.54, 1.807) is 7.11 Å². The number of nitrogens with zero attached hydrogens (tertiary/aromatic N) is 1. The smallest absolute Gasteiger partial charge is 0.254 e. The number of fused-ring (bicyclic) bond motifs is 4. The summed E-state index contributed by atoms with van der Waals surface area (Å²) < 4.78 is 7.42. The van der Waals surface area contributed by atoms with Crippen LogP contribution in [0.25, 0.3) is 32.6 Å². The molecule has 0 aliphatic carbocycles. The molecule has 6 nitrogen and oxygen atoms in total. The third-order valence-electron chi connectivity index (χ3n) is 5.09. The van der Waals surface area contributed by atoms with Crippen molar-refractivity contribution >= 4 is 38.5 Å². The first-order chi connectivity index (χ1) is 13.0. The molecule has 0 saturated carbocycles. The van der Waals surface area contributed by atoms with Gasteiger partial charge in [0.25, 0.3) is 5.91 Å². The molecule has 2 heterocycles. The van der Waals surface area contributed by atoms with Crippen molar-refractivity contribution < 1.29 is 19.8 Å². The number of aryl methyl sites for hydroxylation is 2. The maximum Gasteiger partial charge on any atom is 0.254 e. The van der Waals surface area contributed by atoms with Gasteiger partial charge in [0, 0.05) is 27.7 Å². The van der Waals surface area contributed by atoms with Crippen molar-refractivity contribution in [1.82, 2.24) is 10.3 Å². The molecule has 0 saturated heterocycles. The fraction of sp³-hybridized carbons (Fsp3) is 0.238. The average Bonchev–Trinajstić information content (AvgIpc) is 3.05. The van der Waals surface area contributed by atoms with Gasteiger partial charge < -0.3 is 20.8 Å². The number of ether oxygens (including phenoxy) is 1. The zero-order valence-corrected chi connectivity index (χ0v) is 15.8. The van der Waals surface area contributed by atoms with E-state index in [1.807, 2.05) is 42.1 Å². The molecule has 0 atom stereocenters. The van der Waals surface area contributed by atoms with E-state index >= 15 is 0 Å². The molecule has 6 heteroatoms. The second-order valence-electron chi connectivity index (χ2n) is 6.83. The van der Waals surface area contributed by atoms with Crippen LogP contribution in [0.3, 0.4) is 0 Å². The van der Waals surface area contributed by atoms with Gasteiger partial charge in [-0.15, -0.1) is 0 Å². The van der Waals surface area contributed by atoms with Gasteiger partial charge in [-0.25, -0.2) is 4.57 Å². The van der Waals surface area contributed by atoms with Crippen LogP contribution in [0.4, 0.5) is 0 Å². The number of carbonyl (C=O) groups excluding carboxylic acids is 1. The predicted octanol–water partition coefficient (Wildman–Crippen LogP) is 1.59. The zero-order valence-electron chi connectivity index (χ0n) is 15.8. The molecule has 27 heavy (non-hydrogen) atoms. The minimum Gasteiger partial charge on any atom is -0.497 e. The van der Waals surface area contributed by atoms with Crippen molar-refractivity contribution in [3.63, 3.8) is 0 Å². The molecule has 0 bridgehead atoms. The highest BCUT2D eigenvalue weighted by molar-refractivity contribution is 6.24.